The summed E-state index contributed by atoms with van der Waals surface area (Å²) in [5.41, 5.74) is 0. The highest BCUT2D eigenvalue weighted by molar-refractivity contribution is 4.64. The van der Waals surface area contributed by atoms with E-state index in [1.165, 1.54) is 38.5 Å². The average molecular weight is 401 g/mol. The van der Waals surface area contributed by atoms with Crippen molar-refractivity contribution in [2.45, 2.75) is 136 Å². The van der Waals surface area contributed by atoms with Crippen LogP contribution in [-0.4, -0.2) is 0 Å². The molecule has 0 bridgehead atoms. The fourth-order valence-corrected chi connectivity index (χ4v) is 4.98. The Morgan fingerprint density at radius 1 is 0.286 bits per heavy atom. The third-order valence-electron chi connectivity index (χ3n) is 5.10. The van der Waals surface area contributed by atoms with E-state index in [0.29, 0.717) is 0 Å². The lowest BCUT2D eigenvalue weighted by atomic mass is 9.86. The van der Waals surface area contributed by atoms with Gasteiger partial charge in [-0.1, -0.05) is 97.9 Å². The maximum Gasteiger partial charge on any atom is -0.0438 e. The third kappa shape index (κ3) is 28.2. The second-order valence-corrected chi connectivity index (χ2v) is 11.4. The Hall–Kier alpha value is 0. The van der Waals surface area contributed by atoms with Gasteiger partial charge in [0.2, 0.25) is 0 Å². The molecule has 4 atom stereocenters. The summed E-state index contributed by atoms with van der Waals surface area (Å²) in [6, 6.07) is 0. The Kier molecular flexibility index (Phi) is 25.7. The number of hydrogen-bond donors (Lipinski definition) is 0. The van der Waals surface area contributed by atoms with Crippen LogP contribution in [0.2, 0.25) is 0 Å². The van der Waals surface area contributed by atoms with Gasteiger partial charge >= 0.3 is 0 Å². The van der Waals surface area contributed by atoms with E-state index in [9.17, 15) is 0 Å². The summed E-state index contributed by atoms with van der Waals surface area (Å²) in [7, 11) is 0. The molecule has 0 heterocycles. The van der Waals surface area contributed by atoms with Crippen LogP contribution in [0.15, 0.2) is 0 Å². The van der Waals surface area contributed by atoms with Gasteiger partial charge < -0.3 is 0 Å². The molecule has 176 valence electrons. The second-order valence-electron chi connectivity index (χ2n) is 11.4. The van der Waals surface area contributed by atoms with Gasteiger partial charge in [0.05, 0.1) is 0 Å². The molecule has 0 amide bonds. The van der Waals surface area contributed by atoms with Crippen molar-refractivity contribution in [3.63, 3.8) is 0 Å². The van der Waals surface area contributed by atoms with Crippen molar-refractivity contribution in [1.82, 2.24) is 0 Å². The minimum absolute atomic E-state index is 0. The molecule has 0 radical (unpaired) electrons. The van der Waals surface area contributed by atoms with E-state index in [0.717, 1.165) is 47.3 Å². The predicted octanol–water partition coefficient (Wildman–Crippen LogP) is 10.8. The van der Waals surface area contributed by atoms with Crippen LogP contribution in [0.5, 0.6) is 0 Å². The molecular formula is C28H64. The van der Waals surface area contributed by atoms with Crippen molar-refractivity contribution in [2.75, 3.05) is 0 Å². The average Bonchev–Trinajstić information content (AvgIpc) is 2.33. The smallest absolute Gasteiger partial charge is 0.0438 e. The van der Waals surface area contributed by atoms with Crippen molar-refractivity contribution < 1.29 is 0 Å². The van der Waals surface area contributed by atoms with E-state index >= 15 is 0 Å². The van der Waals surface area contributed by atoms with Crippen LogP contribution in [0.4, 0.5) is 0 Å². The standard InChI is InChI=1S/2C13H28.2CH4/c2*1-10(2)7-12(5)9-13(6)8-11(3)4;;/h2*10-13H,7-9H2,1-6H3;2*1H4. The van der Waals surface area contributed by atoms with E-state index in [4.69, 9.17) is 0 Å². The minimum atomic E-state index is 0. The van der Waals surface area contributed by atoms with Gasteiger partial charge in [-0.15, -0.1) is 0 Å². The molecule has 0 aliphatic carbocycles. The van der Waals surface area contributed by atoms with Gasteiger partial charge in [0.1, 0.15) is 0 Å². The lowest BCUT2D eigenvalue weighted by Crippen LogP contribution is -2.08. The van der Waals surface area contributed by atoms with Crippen LogP contribution in [0.25, 0.3) is 0 Å². The molecule has 28 heavy (non-hydrogen) atoms. The van der Waals surface area contributed by atoms with Crippen LogP contribution >= 0.6 is 0 Å². The Morgan fingerprint density at radius 3 is 0.536 bits per heavy atom. The van der Waals surface area contributed by atoms with Crippen LogP contribution in [0.1, 0.15) is 136 Å². The summed E-state index contributed by atoms with van der Waals surface area (Å²) in [5, 5.41) is 0. The van der Waals surface area contributed by atoms with Crippen molar-refractivity contribution in [3.8, 4) is 0 Å². The maximum absolute atomic E-state index is 2.40. The second kappa shape index (κ2) is 20.3. The first kappa shape index (κ1) is 35.4. The number of hydrogen-bond acceptors (Lipinski definition) is 0. The van der Waals surface area contributed by atoms with Crippen molar-refractivity contribution in [3.05, 3.63) is 0 Å². The fourth-order valence-electron chi connectivity index (χ4n) is 4.98. The Balaban J connectivity index is -0.000000192. The summed E-state index contributed by atoms with van der Waals surface area (Å²) < 4.78 is 0. The molecule has 0 saturated heterocycles. The molecule has 0 heteroatoms. The van der Waals surface area contributed by atoms with Crippen molar-refractivity contribution in [1.29, 1.82) is 0 Å². The summed E-state index contributed by atoms with van der Waals surface area (Å²) in [6.45, 7) is 28.2. The molecule has 0 N–H and O–H groups in total. The van der Waals surface area contributed by atoms with E-state index in [-0.39, 0.29) is 14.9 Å². The van der Waals surface area contributed by atoms with Gasteiger partial charge in [-0.05, 0) is 85.9 Å². The molecule has 0 aliphatic rings. The molecule has 4 unspecified atom stereocenters. The molecule has 0 spiro atoms. The molecule has 0 saturated carbocycles. The van der Waals surface area contributed by atoms with Crippen LogP contribution < -0.4 is 0 Å². The zero-order chi connectivity index (χ0) is 20.9. The SMILES string of the molecule is C.C.CC(C)CC(C)CC(C)CC(C)C.CC(C)CC(C)CC(C)CC(C)C. The molecule has 0 rings (SSSR count). The van der Waals surface area contributed by atoms with Gasteiger partial charge in [0.25, 0.3) is 0 Å². The van der Waals surface area contributed by atoms with Crippen molar-refractivity contribution >= 4 is 0 Å². The maximum atomic E-state index is 2.40. The highest BCUT2D eigenvalue weighted by Gasteiger charge is 2.12. The Morgan fingerprint density at radius 2 is 0.429 bits per heavy atom. The minimum Gasteiger partial charge on any atom is -0.0776 e. The van der Waals surface area contributed by atoms with Crippen LogP contribution in [0, 0.1) is 47.3 Å². The van der Waals surface area contributed by atoms with Gasteiger partial charge in [-0.25, -0.2) is 0 Å². The fraction of sp³-hybridized carbons (Fsp3) is 1.00. The van der Waals surface area contributed by atoms with Gasteiger partial charge in [0, 0.05) is 0 Å². The van der Waals surface area contributed by atoms with E-state index in [1.807, 2.05) is 0 Å². The van der Waals surface area contributed by atoms with Crippen molar-refractivity contribution in [2.24, 2.45) is 47.3 Å². The van der Waals surface area contributed by atoms with Crippen LogP contribution in [-0.2, 0) is 0 Å². The molecule has 0 fully saturated rings. The number of rotatable bonds is 12. The van der Waals surface area contributed by atoms with Gasteiger partial charge in [0.15, 0.2) is 0 Å². The molecule has 0 aromatic rings. The van der Waals surface area contributed by atoms with E-state index < -0.39 is 0 Å². The highest BCUT2D eigenvalue weighted by Crippen LogP contribution is 2.24. The zero-order valence-electron chi connectivity index (χ0n) is 20.9. The largest absolute Gasteiger partial charge is 0.0776 e. The van der Waals surface area contributed by atoms with E-state index in [2.05, 4.69) is 83.1 Å². The molecule has 0 aromatic heterocycles. The predicted molar refractivity (Wildman–Crippen MR) is 137 cm³/mol. The topological polar surface area (TPSA) is 0 Å². The Bertz CT molecular complexity index is 228. The van der Waals surface area contributed by atoms with Gasteiger partial charge in [-0.3, -0.25) is 0 Å². The van der Waals surface area contributed by atoms with Gasteiger partial charge in [-0.2, -0.15) is 0 Å². The lowest BCUT2D eigenvalue weighted by Gasteiger charge is -2.20. The quantitative estimate of drug-likeness (QED) is 0.305. The first-order valence-corrected chi connectivity index (χ1v) is 11.8. The molecule has 0 nitrogen and oxygen atoms in total. The summed E-state index contributed by atoms with van der Waals surface area (Å²) in [5.74, 6) is 7.09. The summed E-state index contributed by atoms with van der Waals surface area (Å²) >= 11 is 0. The summed E-state index contributed by atoms with van der Waals surface area (Å²) in [6.07, 6.45) is 8.39. The summed E-state index contributed by atoms with van der Waals surface area (Å²) in [4.78, 5) is 0. The first-order valence-electron chi connectivity index (χ1n) is 11.8. The zero-order valence-corrected chi connectivity index (χ0v) is 20.9. The lowest BCUT2D eigenvalue weighted by molar-refractivity contribution is 0.320. The monoisotopic (exact) mass is 401 g/mol. The molecule has 0 aromatic carbocycles. The van der Waals surface area contributed by atoms with Crippen LogP contribution in [0.3, 0.4) is 0 Å². The highest BCUT2D eigenvalue weighted by atomic mass is 14.2. The third-order valence-corrected chi connectivity index (χ3v) is 5.10. The normalized spacial score (nSPS) is 15.4. The first-order chi connectivity index (χ1) is 11.8. The Labute approximate surface area is 184 Å². The van der Waals surface area contributed by atoms with E-state index in [1.54, 1.807) is 0 Å². The molecular weight excluding hydrogens is 336 g/mol. The molecule has 0 aliphatic heterocycles.